The lowest BCUT2D eigenvalue weighted by Crippen LogP contribution is -2.16. The molecule has 0 saturated carbocycles. The Bertz CT molecular complexity index is 708. The highest BCUT2D eigenvalue weighted by Crippen LogP contribution is 2.28. The second-order valence-corrected chi connectivity index (χ2v) is 6.23. The molecule has 2 N–H and O–H groups in total. The van der Waals surface area contributed by atoms with Crippen LogP contribution in [0, 0.1) is 6.92 Å². The lowest BCUT2D eigenvalue weighted by molar-refractivity contribution is 0.0698. The standard InChI is InChI=1S/C11H10N2O4S2/c1-7-6-18-9(11(14)15)10(7)19(16,17)13-8-3-2-4-12-5-8/h2-6,13H,1H3,(H,14,15). The molecule has 0 unspecified atom stereocenters. The summed E-state index contributed by atoms with van der Waals surface area (Å²) in [5.41, 5.74) is 0.684. The van der Waals surface area contributed by atoms with E-state index in [4.69, 9.17) is 5.11 Å². The van der Waals surface area contributed by atoms with Crippen LogP contribution in [0.1, 0.15) is 15.2 Å². The summed E-state index contributed by atoms with van der Waals surface area (Å²) in [6.07, 6.45) is 2.86. The first-order valence-electron chi connectivity index (χ1n) is 5.16. The maximum atomic E-state index is 12.2. The van der Waals surface area contributed by atoms with Crippen molar-refractivity contribution in [1.82, 2.24) is 4.98 Å². The summed E-state index contributed by atoms with van der Waals surface area (Å²) in [6.45, 7) is 1.56. The number of nitrogens with zero attached hydrogens (tertiary/aromatic N) is 1. The minimum absolute atomic E-state index is 0.200. The van der Waals surface area contributed by atoms with Crippen molar-refractivity contribution >= 4 is 33.0 Å². The van der Waals surface area contributed by atoms with E-state index in [1.54, 1.807) is 13.0 Å². The van der Waals surface area contributed by atoms with E-state index in [0.29, 0.717) is 5.56 Å². The first-order valence-corrected chi connectivity index (χ1v) is 7.52. The van der Waals surface area contributed by atoms with Gasteiger partial charge < -0.3 is 5.11 Å². The van der Waals surface area contributed by atoms with Gasteiger partial charge in [-0.15, -0.1) is 11.3 Å². The van der Waals surface area contributed by atoms with Crippen LogP contribution in [0.15, 0.2) is 34.8 Å². The topological polar surface area (TPSA) is 96.4 Å². The molecule has 0 atom stereocenters. The second-order valence-electron chi connectivity index (χ2n) is 3.73. The number of rotatable bonds is 4. The zero-order valence-corrected chi connectivity index (χ0v) is 11.5. The number of aromatic carboxylic acids is 1. The molecule has 2 heterocycles. The van der Waals surface area contributed by atoms with E-state index in [9.17, 15) is 13.2 Å². The van der Waals surface area contributed by atoms with Gasteiger partial charge in [-0.3, -0.25) is 9.71 Å². The van der Waals surface area contributed by atoms with Crippen LogP contribution in [0.4, 0.5) is 5.69 Å². The SMILES string of the molecule is Cc1csc(C(=O)O)c1S(=O)(=O)Nc1cccnc1. The monoisotopic (exact) mass is 298 g/mol. The molecule has 0 aliphatic carbocycles. The molecule has 0 aliphatic rings. The van der Waals surface area contributed by atoms with Gasteiger partial charge in [-0.25, -0.2) is 13.2 Å². The maximum Gasteiger partial charge on any atom is 0.347 e. The minimum Gasteiger partial charge on any atom is -0.477 e. The van der Waals surface area contributed by atoms with Crippen molar-refractivity contribution in [3.05, 3.63) is 40.3 Å². The van der Waals surface area contributed by atoms with Gasteiger partial charge in [-0.1, -0.05) is 0 Å². The molecule has 8 heteroatoms. The van der Waals surface area contributed by atoms with Gasteiger partial charge in [0, 0.05) is 6.20 Å². The number of aromatic nitrogens is 1. The number of carbonyl (C=O) groups is 1. The zero-order chi connectivity index (χ0) is 14.0. The average molecular weight is 298 g/mol. The van der Waals surface area contributed by atoms with E-state index in [1.807, 2.05) is 0 Å². The summed E-state index contributed by atoms with van der Waals surface area (Å²) < 4.78 is 26.7. The number of nitrogens with one attached hydrogen (secondary N) is 1. The number of thiophene rings is 1. The van der Waals surface area contributed by atoms with Crippen LogP contribution in [0.3, 0.4) is 0 Å². The van der Waals surface area contributed by atoms with E-state index in [2.05, 4.69) is 9.71 Å². The number of carboxylic acids is 1. The predicted octanol–water partition coefficient (Wildman–Crippen LogP) is 1.95. The third kappa shape index (κ3) is 2.74. The van der Waals surface area contributed by atoms with Gasteiger partial charge in [0.15, 0.2) is 0 Å². The quantitative estimate of drug-likeness (QED) is 0.899. The van der Waals surface area contributed by atoms with Crippen LogP contribution in [0.2, 0.25) is 0 Å². The summed E-state index contributed by atoms with van der Waals surface area (Å²) in [5.74, 6) is -1.26. The Morgan fingerprint density at radius 2 is 2.21 bits per heavy atom. The van der Waals surface area contributed by atoms with E-state index < -0.39 is 16.0 Å². The van der Waals surface area contributed by atoms with Crippen molar-refractivity contribution in [2.75, 3.05) is 4.72 Å². The van der Waals surface area contributed by atoms with E-state index in [1.165, 1.54) is 23.8 Å². The third-order valence-electron chi connectivity index (χ3n) is 2.29. The van der Waals surface area contributed by atoms with Crippen molar-refractivity contribution in [3.8, 4) is 0 Å². The predicted molar refractivity (Wildman–Crippen MR) is 71.1 cm³/mol. The summed E-state index contributed by atoms with van der Waals surface area (Å²) in [6, 6.07) is 3.11. The number of hydrogen-bond acceptors (Lipinski definition) is 5. The van der Waals surface area contributed by atoms with Crippen molar-refractivity contribution in [3.63, 3.8) is 0 Å². The highest BCUT2D eigenvalue weighted by Gasteiger charge is 2.26. The molecule has 100 valence electrons. The molecular formula is C11H10N2O4S2. The summed E-state index contributed by atoms with van der Waals surface area (Å²) in [7, 11) is -3.94. The van der Waals surface area contributed by atoms with Crippen molar-refractivity contribution in [2.45, 2.75) is 11.8 Å². The molecule has 0 fully saturated rings. The third-order valence-corrected chi connectivity index (χ3v) is 5.08. The van der Waals surface area contributed by atoms with Gasteiger partial charge in [0.25, 0.3) is 10.0 Å². The summed E-state index contributed by atoms with van der Waals surface area (Å²) in [5, 5.41) is 10.5. The first-order chi connectivity index (χ1) is 8.92. The van der Waals surface area contributed by atoms with Crippen LogP contribution in [0.25, 0.3) is 0 Å². The Kier molecular flexibility index (Phi) is 3.54. The molecule has 0 saturated heterocycles. The number of aryl methyl sites for hydroxylation is 1. The van der Waals surface area contributed by atoms with E-state index in [-0.39, 0.29) is 15.5 Å². The van der Waals surface area contributed by atoms with E-state index >= 15 is 0 Å². The van der Waals surface area contributed by atoms with Crippen LogP contribution in [-0.2, 0) is 10.0 Å². The molecule has 6 nitrogen and oxygen atoms in total. The molecule has 0 aromatic carbocycles. The average Bonchev–Trinajstić information content (AvgIpc) is 2.73. The van der Waals surface area contributed by atoms with Crippen LogP contribution in [-0.4, -0.2) is 24.5 Å². The molecule has 0 amide bonds. The fourth-order valence-electron chi connectivity index (χ4n) is 1.54. The molecule has 0 aliphatic heterocycles. The molecule has 2 aromatic rings. The van der Waals surface area contributed by atoms with Gasteiger partial charge >= 0.3 is 5.97 Å². The number of carboxylic acid groups (broad SMARTS) is 1. The summed E-state index contributed by atoms with van der Waals surface area (Å²) >= 11 is 0.887. The highest BCUT2D eigenvalue weighted by molar-refractivity contribution is 7.93. The summed E-state index contributed by atoms with van der Waals surface area (Å²) in [4.78, 5) is 14.4. The van der Waals surface area contributed by atoms with Crippen molar-refractivity contribution < 1.29 is 18.3 Å². The minimum atomic E-state index is -3.94. The van der Waals surface area contributed by atoms with Crippen molar-refractivity contribution in [2.24, 2.45) is 0 Å². The van der Waals surface area contributed by atoms with Gasteiger partial charge in [-0.05, 0) is 30.0 Å². The number of sulfonamides is 1. The van der Waals surface area contributed by atoms with Gasteiger partial charge in [0.05, 0.1) is 11.9 Å². The van der Waals surface area contributed by atoms with Gasteiger partial charge in [-0.2, -0.15) is 0 Å². The first kappa shape index (κ1) is 13.5. The second kappa shape index (κ2) is 4.98. The maximum absolute atomic E-state index is 12.2. The normalized spacial score (nSPS) is 11.2. The molecule has 2 aromatic heterocycles. The molecule has 0 spiro atoms. The molecular weight excluding hydrogens is 288 g/mol. The fourth-order valence-corrected chi connectivity index (χ4v) is 4.22. The van der Waals surface area contributed by atoms with Crippen LogP contribution >= 0.6 is 11.3 Å². The lowest BCUT2D eigenvalue weighted by Gasteiger charge is -2.08. The number of pyridine rings is 1. The van der Waals surface area contributed by atoms with Gasteiger partial charge in [0.2, 0.25) is 0 Å². The van der Waals surface area contributed by atoms with E-state index in [0.717, 1.165) is 11.3 Å². The Balaban J connectivity index is 2.46. The Hall–Kier alpha value is -1.93. The Labute approximate surface area is 113 Å². The van der Waals surface area contributed by atoms with Crippen LogP contribution < -0.4 is 4.72 Å². The van der Waals surface area contributed by atoms with Gasteiger partial charge in [0.1, 0.15) is 9.77 Å². The molecule has 0 radical (unpaired) electrons. The Morgan fingerprint density at radius 1 is 1.47 bits per heavy atom. The largest absolute Gasteiger partial charge is 0.477 e. The zero-order valence-electron chi connectivity index (χ0n) is 9.82. The number of hydrogen-bond donors (Lipinski definition) is 2. The Morgan fingerprint density at radius 3 is 2.79 bits per heavy atom. The van der Waals surface area contributed by atoms with Crippen molar-refractivity contribution in [1.29, 1.82) is 0 Å². The molecule has 2 rings (SSSR count). The van der Waals surface area contributed by atoms with Crippen LogP contribution in [0.5, 0.6) is 0 Å². The lowest BCUT2D eigenvalue weighted by atomic mass is 10.3. The number of anilines is 1. The highest BCUT2D eigenvalue weighted by atomic mass is 32.2. The smallest absolute Gasteiger partial charge is 0.347 e. The molecule has 0 bridgehead atoms. The molecule has 19 heavy (non-hydrogen) atoms. The fraction of sp³-hybridized carbons (Fsp3) is 0.0909.